The van der Waals surface area contributed by atoms with E-state index in [1.165, 1.54) is 21.5 Å². The molecule has 5 rings (SSSR count). The number of ether oxygens (including phenoxy) is 2. The molecule has 9 heteroatoms. The van der Waals surface area contributed by atoms with Gasteiger partial charge in [-0.3, -0.25) is 9.36 Å². The van der Waals surface area contributed by atoms with Gasteiger partial charge in [0.1, 0.15) is 22.6 Å². The van der Waals surface area contributed by atoms with Crippen LogP contribution in [0.15, 0.2) is 47.3 Å². The Morgan fingerprint density at radius 3 is 2.69 bits per heavy atom. The molecule has 1 amide bonds. The molecule has 4 aromatic rings. The number of aryl methyl sites for hydroxylation is 2. The summed E-state index contributed by atoms with van der Waals surface area (Å²) in [6.07, 6.45) is 0.930. The predicted octanol–water partition coefficient (Wildman–Crippen LogP) is 3.76. The van der Waals surface area contributed by atoms with Gasteiger partial charge in [-0.25, -0.2) is 9.78 Å². The largest absolute Gasteiger partial charge is 0.454 e. The first-order valence-electron chi connectivity index (χ1n) is 10.2. The molecule has 1 aliphatic rings. The number of anilines is 1. The van der Waals surface area contributed by atoms with Crippen LogP contribution in [0.4, 0.5) is 5.69 Å². The Bertz CT molecular complexity index is 1390. The Hall–Kier alpha value is -3.72. The number of fused-ring (bicyclic) bond motifs is 2. The first-order chi connectivity index (χ1) is 15.5. The van der Waals surface area contributed by atoms with Gasteiger partial charge in [0.25, 0.3) is 0 Å². The Labute approximate surface area is 187 Å². The molecule has 1 N–H and O–H groups in total. The Morgan fingerprint density at radius 2 is 1.91 bits per heavy atom. The average molecular weight is 449 g/mol. The summed E-state index contributed by atoms with van der Waals surface area (Å²) in [6.45, 7) is 3.94. The van der Waals surface area contributed by atoms with Crippen LogP contribution < -0.4 is 20.5 Å². The minimum atomic E-state index is -0.489. The highest BCUT2D eigenvalue weighted by molar-refractivity contribution is 7.18. The SMILES string of the molecule is CCc1ccc(-c2nc(=O)n(CC(=O)Nc3ccc4c(c3)OCO4)c3sc(C)nc23)cc1. The first kappa shape index (κ1) is 20.2. The van der Waals surface area contributed by atoms with Crippen LogP contribution in [0, 0.1) is 6.92 Å². The van der Waals surface area contributed by atoms with Crippen molar-refractivity contribution < 1.29 is 14.3 Å². The number of rotatable bonds is 5. The summed E-state index contributed by atoms with van der Waals surface area (Å²) in [5, 5.41) is 3.60. The number of thiazole rings is 1. The van der Waals surface area contributed by atoms with Crippen molar-refractivity contribution in [1.82, 2.24) is 14.5 Å². The third kappa shape index (κ3) is 3.71. The van der Waals surface area contributed by atoms with Gasteiger partial charge in [0, 0.05) is 17.3 Å². The molecule has 1 aliphatic heterocycles. The van der Waals surface area contributed by atoms with E-state index in [0.717, 1.165) is 17.0 Å². The van der Waals surface area contributed by atoms with Crippen molar-refractivity contribution in [3.05, 3.63) is 63.5 Å². The van der Waals surface area contributed by atoms with Crippen LogP contribution in [0.2, 0.25) is 0 Å². The van der Waals surface area contributed by atoms with Gasteiger partial charge in [-0.05, 0) is 31.0 Å². The molecular formula is C23H20N4O4S. The summed E-state index contributed by atoms with van der Waals surface area (Å²) in [4.78, 5) is 35.1. The van der Waals surface area contributed by atoms with E-state index in [1.807, 2.05) is 31.2 Å². The summed E-state index contributed by atoms with van der Waals surface area (Å²) in [7, 11) is 0. The summed E-state index contributed by atoms with van der Waals surface area (Å²) in [5.74, 6) is 0.855. The topological polar surface area (TPSA) is 95.3 Å². The van der Waals surface area contributed by atoms with E-state index in [9.17, 15) is 9.59 Å². The number of nitrogens with zero attached hydrogens (tertiary/aromatic N) is 3. The molecule has 162 valence electrons. The van der Waals surface area contributed by atoms with E-state index in [2.05, 4.69) is 22.2 Å². The molecule has 0 unspecified atom stereocenters. The quantitative estimate of drug-likeness (QED) is 0.500. The fourth-order valence-electron chi connectivity index (χ4n) is 3.61. The van der Waals surface area contributed by atoms with Crippen LogP contribution in [0.1, 0.15) is 17.5 Å². The molecule has 2 aromatic carbocycles. The highest BCUT2D eigenvalue weighted by atomic mass is 32.1. The summed E-state index contributed by atoms with van der Waals surface area (Å²) in [5.41, 5.74) is 3.25. The normalized spacial score (nSPS) is 12.3. The first-order valence-corrected chi connectivity index (χ1v) is 11.0. The van der Waals surface area contributed by atoms with E-state index in [1.54, 1.807) is 18.2 Å². The lowest BCUT2D eigenvalue weighted by atomic mass is 10.1. The third-order valence-corrected chi connectivity index (χ3v) is 6.21. The van der Waals surface area contributed by atoms with Crippen LogP contribution >= 0.6 is 11.3 Å². The standard InChI is InChI=1S/C23H20N4O4S/c1-3-14-4-6-15(7-5-14)20-21-22(32-13(2)24-21)27(23(29)26-20)11-19(28)25-16-8-9-17-18(10-16)31-12-30-17/h4-10H,3,11-12H2,1-2H3,(H,25,28). The van der Waals surface area contributed by atoms with E-state index >= 15 is 0 Å². The van der Waals surface area contributed by atoms with Crippen molar-refractivity contribution >= 4 is 33.3 Å². The van der Waals surface area contributed by atoms with E-state index in [4.69, 9.17) is 9.47 Å². The minimum Gasteiger partial charge on any atom is -0.454 e. The minimum absolute atomic E-state index is 0.157. The summed E-state index contributed by atoms with van der Waals surface area (Å²) < 4.78 is 12.0. The van der Waals surface area contributed by atoms with E-state index in [-0.39, 0.29) is 19.2 Å². The number of benzene rings is 2. The van der Waals surface area contributed by atoms with Crippen LogP contribution in [-0.4, -0.2) is 27.2 Å². The fraction of sp³-hybridized carbons (Fsp3) is 0.217. The second-order valence-corrected chi connectivity index (χ2v) is 8.56. The predicted molar refractivity (Wildman–Crippen MR) is 122 cm³/mol. The zero-order valence-corrected chi connectivity index (χ0v) is 18.4. The Morgan fingerprint density at radius 1 is 1.12 bits per heavy atom. The maximum absolute atomic E-state index is 12.9. The molecular weight excluding hydrogens is 428 g/mol. The Kier molecular flexibility index (Phi) is 5.10. The molecule has 2 aromatic heterocycles. The highest BCUT2D eigenvalue weighted by Crippen LogP contribution is 2.34. The van der Waals surface area contributed by atoms with E-state index in [0.29, 0.717) is 33.2 Å². The zero-order valence-electron chi connectivity index (χ0n) is 17.5. The molecule has 0 radical (unpaired) electrons. The van der Waals surface area contributed by atoms with Crippen molar-refractivity contribution in [2.24, 2.45) is 0 Å². The summed E-state index contributed by atoms with van der Waals surface area (Å²) >= 11 is 1.37. The highest BCUT2D eigenvalue weighted by Gasteiger charge is 2.19. The van der Waals surface area contributed by atoms with Gasteiger partial charge in [-0.1, -0.05) is 31.2 Å². The monoisotopic (exact) mass is 448 g/mol. The Balaban J connectivity index is 1.47. The molecule has 8 nitrogen and oxygen atoms in total. The van der Waals surface area contributed by atoms with Crippen molar-refractivity contribution in [1.29, 1.82) is 0 Å². The maximum atomic E-state index is 12.9. The van der Waals surface area contributed by atoms with Crippen molar-refractivity contribution in [3.63, 3.8) is 0 Å². The number of carbonyl (C=O) groups is 1. The number of hydrogen-bond acceptors (Lipinski definition) is 7. The zero-order chi connectivity index (χ0) is 22.2. The number of hydrogen-bond donors (Lipinski definition) is 1. The molecule has 0 fully saturated rings. The molecule has 0 bridgehead atoms. The average Bonchev–Trinajstić information content (AvgIpc) is 3.41. The van der Waals surface area contributed by atoms with Crippen LogP contribution in [0.5, 0.6) is 11.5 Å². The fourth-order valence-corrected chi connectivity index (χ4v) is 4.52. The molecule has 3 heterocycles. The third-order valence-electron chi connectivity index (χ3n) is 5.22. The number of nitrogens with one attached hydrogen (secondary N) is 1. The lowest BCUT2D eigenvalue weighted by Crippen LogP contribution is -2.29. The second-order valence-electron chi connectivity index (χ2n) is 7.38. The van der Waals surface area contributed by atoms with Gasteiger partial charge >= 0.3 is 5.69 Å². The van der Waals surface area contributed by atoms with Crippen molar-refractivity contribution in [2.75, 3.05) is 12.1 Å². The van der Waals surface area contributed by atoms with Crippen LogP contribution in [-0.2, 0) is 17.8 Å². The second kappa shape index (κ2) is 8.08. The number of amides is 1. The maximum Gasteiger partial charge on any atom is 0.349 e. The van der Waals surface area contributed by atoms with Gasteiger partial charge in [-0.2, -0.15) is 4.98 Å². The van der Waals surface area contributed by atoms with Crippen molar-refractivity contribution in [3.8, 4) is 22.8 Å². The van der Waals surface area contributed by atoms with Crippen LogP contribution in [0.3, 0.4) is 0 Å². The van der Waals surface area contributed by atoms with Gasteiger partial charge < -0.3 is 14.8 Å². The molecule has 0 spiro atoms. The smallest absolute Gasteiger partial charge is 0.349 e. The van der Waals surface area contributed by atoms with E-state index < -0.39 is 5.69 Å². The lowest BCUT2D eigenvalue weighted by molar-refractivity contribution is -0.116. The van der Waals surface area contributed by atoms with Gasteiger partial charge in [0.15, 0.2) is 11.5 Å². The molecule has 0 saturated heterocycles. The van der Waals surface area contributed by atoms with Crippen LogP contribution in [0.25, 0.3) is 21.6 Å². The van der Waals surface area contributed by atoms with Gasteiger partial charge in [0.05, 0.1) is 5.01 Å². The van der Waals surface area contributed by atoms with Gasteiger partial charge in [0.2, 0.25) is 12.7 Å². The molecule has 32 heavy (non-hydrogen) atoms. The summed E-state index contributed by atoms with van der Waals surface area (Å²) in [6, 6.07) is 13.1. The lowest BCUT2D eigenvalue weighted by Gasteiger charge is -2.10. The van der Waals surface area contributed by atoms with Gasteiger partial charge in [-0.15, -0.1) is 11.3 Å². The molecule has 0 saturated carbocycles. The molecule has 0 atom stereocenters. The molecule has 0 aliphatic carbocycles. The number of aromatic nitrogens is 3. The van der Waals surface area contributed by atoms with Crippen molar-refractivity contribution in [2.45, 2.75) is 26.8 Å². The number of carbonyl (C=O) groups excluding carboxylic acids is 1.